The van der Waals surface area contributed by atoms with Gasteiger partial charge in [-0.15, -0.1) is 23.3 Å². The van der Waals surface area contributed by atoms with Crippen LogP contribution in [0.15, 0.2) is 17.7 Å². The van der Waals surface area contributed by atoms with Crippen molar-refractivity contribution in [2.24, 2.45) is 0 Å². The lowest BCUT2D eigenvalue weighted by Crippen LogP contribution is -2.58. The van der Waals surface area contributed by atoms with Crippen molar-refractivity contribution in [1.82, 2.24) is 0 Å². The van der Waals surface area contributed by atoms with Crippen molar-refractivity contribution in [3.8, 4) is 11.5 Å². The van der Waals surface area contributed by atoms with Crippen molar-refractivity contribution < 1.29 is 69.5 Å². The van der Waals surface area contributed by atoms with Gasteiger partial charge in [0.25, 0.3) is 5.09 Å². The molecule has 1 atom stereocenters. The van der Waals surface area contributed by atoms with Crippen LogP contribution in [0.1, 0.15) is 30.9 Å². The fraction of sp³-hybridized carbons (Fsp3) is 0.500. The number of unbranched alkanes of at least 4 members (excludes halogenated alkanes) is 1. The number of carbonyl (C=O) groups excluding carboxylic acids is 2. The summed E-state index contributed by atoms with van der Waals surface area (Å²) in [5, 5.41) is 9.01. The maximum absolute atomic E-state index is 14.3. The van der Waals surface area contributed by atoms with Gasteiger partial charge in [-0.25, -0.2) is 9.59 Å². The average Bonchev–Trinajstić information content (AvgIpc) is 2.78. The van der Waals surface area contributed by atoms with Crippen molar-refractivity contribution >= 4 is 18.2 Å². The van der Waals surface area contributed by atoms with E-state index in [2.05, 4.69) is 23.8 Å². The largest absolute Gasteiger partial charge is 0.573 e. The highest BCUT2D eigenvalue weighted by Crippen LogP contribution is 2.49. The molecule has 11 nitrogen and oxygen atoms in total. The van der Waals surface area contributed by atoms with Crippen LogP contribution in [0, 0.1) is 10.1 Å². The molecule has 1 aliphatic rings. The minimum atomic E-state index is -5.62. The van der Waals surface area contributed by atoms with Crippen LogP contribution in [0.2, 0.25) is 0 Å². The van der Waals surface area contributed by atoms with Crippen LogP contribution in [0.5, 0.6) is 11.5 Å². The van der Waals surface area contributed by atoms with Gasteiger partial charge in [-0.2, -0.15) is 13.2 Å². The number of esters is 1. The Kier molecular flexibility index (Phi) is 9.05. The van der Waals surface area contributed by atoms with E-state index in [1.54, 1.807) is 0 Å². The molecule has 0 spiro atoms. The number of fused-ring (bicyclic) bond motifs is 1. The quantitative estimate of drug-likeness (QED) is 0.136. The summed E-state index contributed by atoms with van der Waals surface area (Å²) in [4.78, 5) is 38.5. The molecule has 0 unspecified atom stereocenters. The first-order valence-corrected chi connectivity index (χ1v) is 10.3. The molecule has 0 N–H and O–H groups in total. The van der Waals surface area contributed by atoms with E-state index >= 15 is 0 Å². The number of alkyl halides is 6. The summed E-state index contributed by atoms with van der Waals surface area (Å²) in [6.45, 7) is 0.482. The number of ether oxygens (including phenoxy) is 5. The molecule has 0 bridgehead atoms. The summed E-state index contributed by atoms with van der Waals surface area (Å²) >= 11 is 0. The molecule has 0 radical (unpaired) electrons. The minimum Gasteiger partial charge on any atom is -0.465 e. The first kappa shape index (κ1) is 29.3. The van der Waals surface area contributed by atoms with Gasteiger partial charge in [0.05, 0.1) is 20.3 Å². The molecule has 1 aliphatic heterocycles. The Morgan fingerprint density at radius 1 is 1.11 bits per heavy atom. The summed E-state index contributed by atoms with van der Waals surface area (Å²) in [6.07, 6.45) is -12.4. The second-order valence-electron chi connectivity index (χ2n) is 7.13. The number of rotatable bonds is 10. The lowest BCUT2D eigenvalue weighted by molar-refractivity contribution is -0.757. The van der Waals surface area contributed by atoms with E-state index in [0.29, 0.717) is 19.3 Å². The molecule has 0 aliphatic carbocycles. The zero-order valence-electron chi connectivity index (χ0n) is 19.1. The third kappa shape index (κ3) is 7.29. The number of aryl methyl sites for hydroxylation is 1. The Balaban J connectivity index is 2.44. The third-order valence-electron chi connectivity index (χ3n) is 4.64. The Hall–Kier alpha value is -3.92. The lowest BCUT2D eigenvalue weighted by atomic mass is 9.95. The highest BCUT2D eigenvalue weighted by molar-refractivity contribution is 5.97. The zero-order valence-corrected chi connectivity index (χ0v) is 19.1. The molecule has 1 aromatic carbocycles. The minimum absolute atomic E-state index is 0.00193. The molecule has 1 aromatic rings. The molecule has 0 amide bonds. The molecule has 0 fully saturated rings. The Morgan fingerprint density at radius 3 is 2.30 bits per heavy atom. The van der Waals surface area contributed by atoms with Gasteiger partial charge in [-0.1, -0.05) is 6.92 Å². The molecule has 2 rings (SSSR count). The van der Waals surface area contributed by atoms with Crippen LogP contribution in [-0.4, -0.2) is 55.9 Å². The molecule has 17 heteroatoms. The standard InChI is InChI=1S/C20H19F6NO10/c1-3-11-8-13(35-20(24,25)26)9-12-10-14(16(28)32-2)18(19(21,22)23,36-15(11)12)37-17(29)33-6-4-5-7-34-27(30)31/h8-10H,3-7H2,1-2H3/t18-/m1/s1. The van der Waals surface area contributed by atoms with E-state index in [9.17, 15) is 46.0 Å². The van der Waals surface area contributed by atoms with Gasteiger partial charge in [0.2, 0.25) is 0 Å². The molecule has 0 aromatic heterocycles. The monoisotopic (exact) mass is 547 g/mol. The molecule has 206 valence electrons. The predicted octanol–water partition coefficient (Wildman–Crippen LogP) is 4.50. The number of methoxy groups -OCH3 is 1. The molecule has 0 saturated carbocycles. The van der Waals surface area contributed by atoms with E-state index < -0.39 is 64.8 Å². The van der Waals surface area contributed by atoms with E-state index in [1.807, 2.05) is 0 Å². The van der Waals surface area contributed by atoms with Crippen LogP contribution in [-0.2, 0) is 30.3 Å². The number of nitrogens with zero attached hydrogens (tertiary/aromatic N) is 1. The number of hydrogen-bond acceptors (Lipinski definition) is 10. The van der Waals surface area contributed by atoms with Crippen molar-refractivity contribution in [1.29, 1.82) is 0 Å². The molecule has 37 heavy (non-hydrogen) atoms. The summed E-state index contributed by atoms with van der Waals surface area (Å²) in [7, 11) is 0.714. The number of hydrogen-bond donors (Lipinski definition) is 0. The van der Waals surface area contributed by atoms with Gasteiger partial charge in [0.15, 0.2) is 0 Å². The second kappa shape index (κ2) is 11.4. The van der Waals surface area contributed by atoms with Crippen molar-refractivity contribution in [3.05, 3.63) is 38.9 Å². The summed E-state index contributed by atoms with van der Waals surface area (Å²) < 4.78 is 103. The maximum atomic E-state index is 14.3. The highest BCUT2D eigenvalue weighted by atomic mass is 19.4. The van der Waals surface area contributed by atoms with Gasteiger partial charge >= 0.3 is 30.5 Å². The van der Waals surface area contributed by atoms with E-state index in [1.165, 1.54) is 6.92 Å². The Morgan fingerprint density at radius 2 is 1.76 bits per heavy atom. The smallest absolute Gasteiger partial charge is 0.465 e. The first-order chi connectivity index (χ1) is 17.1. The van der Waals surface area contributed by atoms with Crippen molar-refractivity contribution in [3.63, 3.8) is 0 Å². The normalized spacial score (nSPS) is 17.0. The highest BCUT2D eigenvalue weighted by Gasteiger charge is 2.68. The summed E-state index contributed by atoms with van der Waals surface area (Å²) in [5.41, 5.74) is -2.03. The van der Waals surface area contributed by atoms with Crippen LogP contribution >= 0.6 is 0 Å². The molecular weight excluding hydrogens is 528 g/mol. The second-order valence-corrected chi connectivity index (χ2v) is 7.13. The van der Waals surface area contributed by atoms with Gasteiger partial charge in [0.1, 0.15) is 17.1 Å². The van der Waals surface area contributed by atoms with Crippen LogP contribution in [0.4, 0.5) is 31.1 Å². The van der Waals surface area contributed by atoms with Crippen LogP contribution in [0.3, 0.4) is 0 Å². The fourth-order valence-electron chi connectivity index (χ4n) is 3.11. The predicted molar refractivity (Wildman–Crippen MR) is 107 cm³/mol. The summed E-state index contributed by atoms with van der Waals surface area (Å²) in [5.74, 6) is -7.19. The summed E-state index contributed by atoms with van der Waals surface area (Å²) in [6, 6.07) is 1.45. The molecule has 0 saturated heterocycles. The van der Waals surface area contributed by atoms with Gasteiger partial charge in [-0.3, -0.25) is 0 Å². The van der Waals surface area contributed by atoms with Gasteiger partial charge in [0, 0.05) is 5.56 Å². The molecular formula is C20H19F6NO10. The van der Waals surface area contributed by atoms with Crippen LogP contribution in [0.25, 0.3) is 6.08 Å². The fourth-order valence-corrected chi connectivity index (χ4v) is 3.11. The first-order valence-electron chi connectivity index (χ1n) is 10.3. The van der Waals surface area contributed by atoms with Gasteiger partial charge in [-0.05, 0) is 43.0 Å². The number of halogens is 6. The SMILES string of the molecule is CCc1cc(OC(F)(F)F)cc2c1O[C@](OC(=O)OCCCCO[N+](=O)[O-])(C(F)(F)F)C(C(=O)OC)=C2. The number of benzene rings is 1. The zero-order chi connectivity index (χ0) is 28.0. The van der Waals surface area contributed by atoms with Crippen molar-refractivity contribution in [2.75, 3.05) is 20.3 Å². The van der Waals surface area contributed by atoms with E-state index in [4.69, 9.17) is 4.74 Å². The van der Waals surface area contributed by atoms with Crippen LogP contribution < -0.4 is 9.47 Å². The van der Waals surface area contributed by atoms with E-state index in [-0.39, 0.29) is 31.4 Å². The maximum Gasteiger partial charge on any atom is 0.573 e. The Bertz CT molecular complexity index is 1060. The topological polar surface area (TPSA) is 133 Å². The molecule has 1 heterocycles. The lowest BCUT2D eigenvalue weighted by Gasteiger charge is -2.38. The average molecular weight is 547 g/mol. The van der Waals surface area contributed by atoms with E-state index in [0.717, 1.165) is 6.07 Å². The van der Waals surface area contributed by atoms with Crippen molar-refractivity contribution in [2.45, 2.75) is 44.5 Å². The number of carbonyl (C=O) groups is 2. The third-order valence-corrected chi connectivity index (χ3v) is 4.64. The Labute approximate surface area is 203 Å². The van der Waals surface area contributed by atoms with Gasteiger partial charge < -0.3 is 28.5 Å².